The van der Waals surface area contributed by atoms with Crippen LogP contribution in [0.3, 0.4) is 0 Å². The van der Waals surface area contributed by atoms with Crippen molar-refractivity contribution >= 4 is 23.1 Å². The van der Waals surface area contributed by atoms with E-state index in [2.05, 4.69) is 0 Å². The van der Waals surface area contributed by atoms with E-state index in [1.54, 1.807) is 4.90 Å². The fourth-order valence-electron chi connectivity index (χ4n) is 1.88. The minimum absolute atomic E-state index is 0.0767. The van der Waals surface area contributed by atoms with Crippen molar-refractivity contribution in [1.82, 2.24) is 4.90 Å². The maximum Gasteiger partial charge on any atom is 0.225 e. The van der Waals surface area contributed by atoms with Crippen molar-refractivity contribution < 1.29 is 9.53 Å². The normalized spacial score (nSPS) is 19.1. The predicted octanol–water partition coefficient (Wildman–Crippen LogP) is 0.936. The molecule has 16 heavy (non-hydrogen) atoms. The molecule has 92 valence electrons. The van der Waals surface area contributed by atoms with Gasteiger partial charge in [0.15, 0.2) is 0 Å². The van der Waals surface area contributed by atoms with Crippen molar-refractivity contribution in [1.29, 1.82) is 0 Å². The van der Waals surface area contributed by atoms with Crippen LogP contribution in [0.25, 0.3) is 0 Å². The van der Waals surface area contributed by atoms with Gasteiger partial charge >= 0.3 is 0 Å². The number of hydrogen-bond donors (Lipinski definition) is 1. The molecule has 1 aliphatic heterocycles. The molecule has 0 aromatic heterocycles. The van der Waals surface area contributed by atoms with Gasteiger partial charge in [-0.2, -0.15) is 0 Å². The van der Waals surface area contributed by atoms with E-state index in [4.69, 9.17) is 22.7 Å². The van der Waals surface area contributed by atoms with E-state index >= 15 is 0 Å². The van der Waals surface area contributed by atoms with Crippen molar-refractivity contribution in [2.75, 3.05) is 20.3 Å². The Bertz CT molecular complexity index is 265. The molecule has 1 heterocycles. The van der Waals surface area contributed by atoms with Gasteiger partial charge in [0.25, 0.3) is 0 Å². The molecule has 0 radical (unpaired) electrons. The van der Waals surface area contributed by atoms with Gasteiger partial charge in [-0.3, -0.25) is 4.79 Å². The van der Waals surface area contributed by atoms with Crippen molar-refractivity contribution in [3.63, 3.8) is 0 Å². The van der Waals surface area contributed by atoms with Gasteiger partial charge in [-0.05, 0) is 19.8 Å². The first-order valence-corrected chi connectivity index (χ1v) is 6.06. The van der Waals surface area contributed by atoms with Crippen LogP contribution >= 0.6 is 12.2 Å². The molecule has 1 amide bonds. The molecule has 0 spiro atoms. The Morgan fingerprint density at radius 3 is 2.62 bits per heavy atom. The summed E-state index contributed by atoms with van der Waals surface area (Å²) in [5.74, 6) is 0.291. The average molecular weight is 244 g/mol. The van der Waals surface area contributed by atoms with Gasteiger partial charge in [0, 0.05) is 38.6 Å². The fourth-order valence-corrected chi connectivity index (χ4v) is 2.12. The standard InChI is InChI=1S/C11H20N2O2S/c1-8(7-10(12)16)13(2)11(14)9-3-5-15-6-4-9/h8-9H,3-7H2,1-2H3,(H2,12,16). The van der Waals surface area contributed by atoms with Crippen LogP contribution in [-0.4, -0.2) is 42.1 Å². The number of carbonyl (C=O) groups is 1. The summed E-state index contributed by atoms with van der Waals surface area (Å²) >= 11 is 4.85. The van der Waals surface area contributed by atoms with Gasteiger partial charge < -0.3 is 15.4 Å². The third-order valence-corrected chi connectivity index (χ3v) is 3.24. The molecule has 5 heteroatoms. The van der Waals surface area contributed by atoms with Crippen LogP contribution in [-0.2, 0) is 9.53 Å². The Labute approximate surface area is 102 Å². The lowest BCUT2D eigenvalue weighted by Crippen LogP contribution is -2.42. The second-order valence-electron chi connectivity index (χ2n) is 4.36. The van der Waals surface area contributed by atoms with E-state index in [0.29, 0.717) is 24.6 Å². The van der Waals surface area contributed by atoms with E-state index in [1.165, 1.54) is 0 Å². The Morgan fingerprint density at radius 1 is 1.56 bits per heavy atom. The molecule has 1 unspecified atom stereocenters. The van der Waals surface area contributed by atoms with Crippen LogP contribution in [0.2, 0.25) is 0 Å². The lowest BCUT2D eigenvalue weighted by Gasteiger charge is -2.30. The summed E-state index contributed by atoms with van der Waals surface area (Å²) in [7, 11) is 1.82. The number of thiocarbonyl (C=S) groups is 1. The number of nitrogens with two attached hydrogens (primary N) is 1. The Hall–Kier alpha value is -0.680. The van der Waals surface area contributed by atoms with Gasteiger partial charge in [-0.1, -0.05) is 12.2 Å². The number of ether oxygens (including phenoxy) is 1. The maximum atomic E-state index is 12.1. The molecule has 1 saturated heterocycles. The van der Waals surface area contributed by atoms with Gasteiger partial charge in [-0.25, -0.2) is 0 Å². The van der Waals surface area contributed by atoms with Crippen LogP contribution in [0.5, 0.6) is 0 Å². The van der Waals surface area contributed by atoms with Crippen LogP contribution < -0.4 is 5.73 Å². The summed E-state index contributed by atoms with van der Waals surface area (Å²) in [5.41, 5.74) is 5.48. The lowest BCUT2D eigenvalue weighted by molar-refractivity contribution is -0.138. The van der Waals surface area contributed by atoms with Gasteiger partial charge in [0.2, 0.25) is 5.91 Å². The molecular formula is C11H20N2O2S. The molecule has 1 atom stereocenters. The van der Waals surface area contributed by atoms with Gasteiger partial charge in [0.05, 0.1) is 4.99 Å². The summed E-state index contributed by atoms with van der Waals surface area (Å²) in [6.07, 6.45) is 2.23. The van der Waals surface area contributed by atoms with Crippen molar-refractivity contribution in [3.05, 3.63) is 0 Å². The molecule has 1 aliphatic rings. The number of carbonyl (C=O) groups excluding carboxylic acids is 1. The lowest BCUT2D eigenvalue weighted by atomic mass is 9.98. The van der Waals surface area contributed by atoms with Crippen LogP contribution in [0.15, 0.2) is 0 Å². The molecule has 0 bridgehead atoms. The summed E-state index contributed by atoms with van der Waals surface area (Å²) in [6, 6.07) is 0.0767. The first kappa shape index (κ1) is 13.4. The second-order valence-corrected chi connectivity index (χ2v) is 4.88. The first-order valence-electron chi connectivity index (χ1n) is 5.65. The SMILES string of the molecule is CC(CC(N)=S)N(C)C(=O)C1CCOCC1. The van der Waals surface area contributed by atoms with E-state index in [9.17, 15) is 4.79 Å². The van der Waals surface area contributed by atoms with Gasteiger partial charge in [0.1, 0.15) is 0 Å². The van der Waals surface area contributed by atoms with Crippen LogP contribution in [0, 0.1) is 5.92 Å². The zero-order valence-corrected chi connectivity index (χ0v) is 10.8. The smallest absolute Gasteiger partial charge is 0.225 e. The van der Waals surface area contributed by atoms with Crippen LogP contribution in [0.1, 0.15) is 26.2 Å². The number of hydrogen-bond acceptors (Lipinski definition) is 3. The molecule has 0 aromatic carbocycles. The number of nitrogens with zero attached hydrogens (tertiary/aromatic N) is 1. The molecule has 0 aliphatic carbocycles. The third-order valence-electron chi connectivity index (χ3n) is 3.08. The summed E-state index contributed by atoms with van der Waals surface area (Å²) < 4.78 is 5.24. The summed E-state index contributed by atoms with van der Waals surface area (Å²) in [5, 5.41) is 0. The highest BCUT2D eigenvalue weighted by Crippen LogP contribution is 2.18. The highest BCUT2D eigenvalue weighted by atomic mass is 32.1. The fraction of sp³-hybridized carbons (Fsp3) is 0.818. The number of amides is 1. The maximum absolute atomic E-state index is 12.1. The van der Waals surface area contributed by atoms with E-state index in [0.717, 1.165) is 12.8 Å². The quantitative estimate of drug-likeness (QED) is 0.748. The highest BCUT2D eigenvalue weighted by Gasteiger charge is 2.26. The minimum Gasteiger partial charge on any atom is -0.393 e. The average Bonchev–Trinajstić information content (AvgIpc) is 2.27. The Balaban J connectivity index is 2.48. The molecule has 0 saturated carbocycles. The molecule has 1 rings (SSSR count). The van der Waals surface area contributed by atoms with Crippen LogP contribution in [0.4, 0.5) is 0 Å². The molecule has 1 fully saturated rings. The molecule has 4 nitrogen and oxygen atoms in total. The first-order chi connectivity index (χ1) is 7.52. The monoisotopic (exact) mass is 244 g/mol. The van der Waals surface area contributed by atoms with Gasteiger partial charge in [-0.15, -0.1) is 0 Å². The summed E-state index contributed by atoms with van der Waals surface area (Å²) in [4.78, 5) is 14.3. The third kappa shape index (κ3) is 3.72. The Morgan fingerprint density at radius 2 is 2.12 bits per heavy atom. The zero-order chi connectivity index (χ0) is 12.1. The molecule has 2 N–H and O–H groups in total. The largest absolute Gasteiger partial charge is 0.393 e. The van der Waals surface area contributed by atoms with E-state index in [1.807, 2.05) is 14.0 Å². The summed E-state index contributed by atoms with van der Waals surface area (Å²) in [6.45, 7) is 3.35. The van der Waals surface area contributed by atoms with Crippen molar-refractivity contribution in [2.45, 2.75) is 32.2 Å². The number of rotatable bonds is 4. The Kier molecular flexibility index (Phi) is 5.15. The van der Waals surface area contributed by atoms with Crippen molar-refractivity contribution in [3.8, 4) is 0 Å². The highest BCUT2D eigenvalue weighted by molar-refractivity contribution is 7.80. The molecule has 0 aromatic rings. The zero-order valence-electron chi connectivity index (χ0n) is 9.94. The van der Waals surface area contributed by atoms with E-state index in [-0.39, 0.29) is 17.9 Å². The topological polar surface area (TPSA) is 55.6 Å². The molecular weight excluding hydrogens is 224 g/mol. The second kappa shape index (κ2) is 6.15. The van der Waals surface area contributed by atoms with Crippen molar-refractivity contribution in [2.24, 2.45) is 11.7 Å². The minimum atomic E-state index is 0.0767. The predicted molar refractivity (Wildman–Crippen MR) is 67.2 cm³/mol. The van der Waals surface area contributed by atoms with E-state index < -0.39 is 0 Å².